The summed E-state index contributed by atoms with van der Waals surface area (Å²) in [6, 6.07) is 19.3. The Balaban J connectivity index is 1.34. The van der Waals surface area contributed by atoms with Crippen LogP contribution in [0.3, 0.4) is 0 Å². The summed E-state index contributed by atoms with van der Waals surface area (Å²) in [5.41, 5.74) is 3.55. The van der Waals surface area contributed by atoms with Crippen LogP contribution in [0.25, 0.3) is 16.9 Å². The van der Waals surface area contributed by atoms with Gasteiger partial charge >= 0.3 is 0 Å². The number of nitrogens with zero attached hydrogens (tertiary/aromatic N) is 4. The maximum Gasteiger partial charge on any atom is 0.234 e. The Labute approximate surface area is 180 Å². The van der Waals surface area contributed by atoms with Gasteiger partial charge in [-0.3, -0.25) is 4.79 Å². The molecule has 0 radical (unpaired) electrons. The minimum absolute atomic E-state index is 0.0849. The number of thioether (sulfide) groups is 1. The molecule has 0 saturated carbocycles. The minimum Gasteiger partial charge on any atom is -0.325 e. The Morgan fingerprint density at radius 2 is 1.79 bits per heavy atom. The number of aromatic nitrogens is 4. The third-order valence-corrected chi connectivity index (χ3v) is 5.53. The van der Waals surface area contributed by atoms with Gasteiger partial charge in [-0.05, 0) is 48.5 Å². The molecule has 2 aromatic heterocycles. The molecule has 2 heterocycles. The lowest BCUT2D eigenvalue weighted by Gasteiger charge is -2.06. The van der Waals surface area contributed by atoms with Crippen LogP contribution in [-0.2, 0) is 4.79 Å². The summed E-state index contributed by atoms with van der Waals surface area (Å²) in [5, 5.41) is 12.1. The predicted molar refractivity (Wildman–Crippen MR) is 118 cm³/mol. The van der Waals surface area contributed by atoms with Crippen molar-refractivity contribution in [2.24, 2.45) is 0 Å². The second-order valence-corrected chi connectivity index (χ2v) is 8.03. The third-order valence-electron chi connectivity index (χ3n) is 4.08. The molecule has 0 bridgehead atoms. The topological polar surface area (TPSA) is 72.7 Å². The summed E-state index contributed by atoms with van der Waals surface area (Å²) >= 11 is 4.72. The van der Waals surface area contributed by atoms with Crippen LogP contribution in [0.15, 0.2) is 88.9 Å². The number of hydrogen-bond acceptors (Lipinski definition) is 5. The van der Waals surface area contributed by atoms with E-state index in [9.17, 15) is 4.79 Å². The fourth-order valence-corrected chi connectivity index (χ4v) is 3.52. The molecule has 4 rings (SSSR count). The molecule has 0 unspecified atom stereocenters. The van der Waals surface area contributed by atoms with E-state index in [1.807, 2.05) is 71.4 Å². The number of carbonyl (C=O) groups is 1. The minimum atomic E-state index is -0.0849. The molecule has 4 aromatic rings. The molecule has 2 aromatic carbocycles. The van der Waals surface area contributed by atoms with E-state index in [1.165, 1.54) is 11.8 Å². The number of anilines is 1. The smallest absolute Gasteiger partial charge is 0.234 e. The summed E-state index contributed by atoms with van der Waals surface area (Å²) in [7, 11) is 0. The largest absolute Gasteiger partial charge is 0.325 e. The van der Waals surface area contributed by atoms with Gasteiger partial charge in [0.15, 0.2) is 0 Å². The van der Waals surface area contributed by atoms with Crippen LogP contribution in [0.5, 0.6) is 0 Å². The van der Waals surface area contributed by atoms with Crippen molar-refractivity contribution < 1.29 is 4.79 Å². The average Bonchev–Trinajstić information content (AvgIpc) is 3.29. The molecule has 0 fully saturated rings. The standard InChI is InChI=1S/C21H16BrN5OS/c22-16-3-5-17(6-4-16)24-20(28)13-29-21-10-9-19(25-26-21)15-1-7-18(8-2-15)27-12-11-23-14-27/h1-12,14H,13H2,(H,24,28). The quantitative estimate of drug-likeness (QED) is 0.413. The monoisotopic (exact) mass is 465 g/mol. The molecule has 8 heteroatoms. The van der Waals surface area contributed by atoms with Crippen molar-refractivity contribution in [3.05, 3.63) is 83.9 Å². The first-order valence-electron chi connectivity index (χ1n) is 8.78. The van der Waals surface area contributed by atoms with Crippen LogP contribution >= 0.6 is 27.7 Å². The number of carbonyl (C=O) groups excluding carboxylic acids is 1. The lowest BCUT2D eigenvalue weighted by Crippen LogP contribution is -2.14. The van der Waals surface area contributed by atoms with Gasteiger partial charge < -0.3 is 9.88 Å². The van der Waals surface area contributed by atoms with Gasteiger partial charge in [0.25, 0.3) is 0 Å². The molecule has 29 heavy (non-hydrogen) atoms. The second-order valence-electron chi connectivity index (χ2n) is 6.12. The number of benzene rings is 2. The van der Waals surface area contributed by atoms with E-state index in [1.54, 1.807) is 12.5 Å². The van der Waals surface area contributed by atoms with Crippen LogP contribution in [-0.4, -0.2) is 31.4 Å². The summed E-state index contributed by atoms with van der Waals surface area (Å²) < 4.78 is 2.91. The Morgan fingerprint density at radius 1 is 1.00 bits per heavy atom. The maximum atomic E-state index is 12.1. The first-order chi connectivity index (χ1) is 14.2. The maximum absolute atomic E-state index is 12.1. The molecule has 6 nitrogen and oxygen atoms in total. The number of rotatable bonds is 6. The molecule has 1 N–H and O–H groups in total. The van der Waals surface area contributed by atoms with Gasteiger partial charge in [-0.1, -0.05) is 39.8 Å². The Morgan fingerprint density at radius 3 is 2.45 bits per heavy atom. The fraction of sp³-hybridized carbons (Fsp3) is 0.0476. The van der Waals surface area contributed by atoms with Crippen LogP contribution in [0.2, 0.25) is 0 Å². The van der Waals surface area contributed by atoms with Gasteiger partial charge in [0.2, 0.25) is 5.91 Å². The number of hydrogen-bond donors (Lipinski definition) is 1. The van der Waals surface area contributed by atoms with Gasteiger partial charge in [0, 0.05) is 33.8 Å². The van der Waals surface area contributed by atoms with E-state index in [4.69, 9.17) is 0 Å². The SMILES string of the molecule is O=C(CSc1ccc(-c2ccc(-n3ccnc3)cc2)nn1)Nc1ccc(Br)cc1. The van der Waals surface area contributed by atoms with Gasteiger partial charge in [-0.2, -0.15) is 0 Å². The summed E-state index contributed by atoms with van der Waals surface area (Å²) in [6.45, 7) is 0. The molecule has 0 saturated heterocycles. The van der Waals surface area contributed by atoms with Crippen LogP contribution in [0.1, 0.15) is 0 Å². The molecule has 0 spiro atoms. The Hall–Kier alpha value is -2.97. The molecular weight excluding hydrogens is 450 g/mol. The van der Waals surface area contributed by atoms with Crippen molar-refractivity contribution >= 4 is 39.3 Å². The highest BCUT2D eigenvalue weighted by Gasteiger charge is 2.07. The van der Waals surface area contributed by atoms with E-state index in [0.717, 1.165) is 27.1 Å². The van der Waals surface area contributed by atoms with Gasteiger partial charge in [0.05, 0.1) is 17.8 Å². The number of halogens is 1. The molecule has 0 atom stereocenters. The van der Waals surface area contributed by atoms with E-state index in [2.05, 4.69) is 36.4 Å². The van der Waals surface area contributed by atoms with Crippen molar-refractivity contribution in [2.45, 2.75) is 5.03 Å². The van der Waals surface area contributed by atoms with E-state index < -0.39 is 0 Å². The van der Waals surface area contributed by atoms with E-state index in [0.29, 0.717) is 5.03 Å². The fourth-order valence-electron chi connectivity index (χ4n) is 2.64. The van der Waals surface area contributed by atoms with Crippen molar-refractivity contribution in [1.82, 2.24) is 19.7 Å². The zero-order valence-electron chi connectivity index (χ0n) is 15.2. The normalized spacial score (nSPS) is 10.7. The zero-order valence-corrected chi connectivity index (χ0v) is 17.6. The summed E-state index contributed by atoms with van der Waals surface area (Å²) in [6.07, 6.45) is 5.40. The van der Waals surface area contributed by atoms with Gasteiger partial charge in [0.1, 0.15) is 5.03 Å². The number of imidazole rings is 1. The highest BCUT2D eigenvalue weighted by Crippen LogP contribution is 2.22. The van der Waals surface area contributed by atoms with Crippen LogP contribution < -0.4 is 5.32 Å². The molecule has 0 aliphatic heterocycles. The summed E-state index contributed by atoms with van der Waals surface area (Å²) in [4.78, 5) is 16.1. The first-order valence-corrected chi connectivity index (χ1v) is 10.6. The van der Waals surface area contributed by atoms with Crippen LogP contribution in [0, 0.1) is 0 Å². The van der Waals surface area contributed by atoms with Gasteiger partial charge in [-0.15, -0.1) is 10.2 Å². The van der Waals surface area contributed by atoms with Crippen molar-refractivity contribution in [2.75, 3.05) is 11.1 Å². The highest BCUT2D eigenvalue weighted by molar-refractivity contribution is 9.10. The predicted octanol–water partition coefficient (Wildman–Crippen LogP) is 4.82. The molecular formula is C21H16BrN5OS. The van der Waals surface area contributed by atoms with Crippen molar-refractivity contribution in [3.8, 4) is 16.9 Å². The molecule has 0 aliphatic rings. The Kier molecular flexibility index (Phi) is 6.02. The van der Waals surface area contributed by atoms with Gasteiger partial charge in [-0.25, -0.2) is 4.98 Å². The number of nitrogens with one attached hydrogen (secondary N) is 1. The Bertz CT molecular complexity index is 1080. The average molecular weight is 466 g/mol. The molecule has 0 aliphatic carbocycles. The zero-order chi connectivity index (χ0) is 20.1. The van der Waals surface area contributed by atoms with Crippen LogP contribution in [0.4, 0.5) is 5.69 Å². The summed E-state index contributed by atoms with van der Waals surface area (Å²) in [5.74, 6) is 0.183. The van der Waals surface area contributed by atoms with E-state index >= 15 is 0 Å². The van der Waals surface area contributed by atoms with Crippen molar-refractivity contribution in [3.63, 3.8) is 0 Å². The molecule has 144 valence electrons. The highest BCUT2D eigenvalue weighted by atomic mass is 79.9. The lowest BCUT2D eigenvalue weighted by atomic mass is 10.1. The third kappa shape index (κ3) is 5.10. The van der Waals surface area contributed by atoms with Crippen molar-refractivity contribution in [1.29, 1.82) is 0 Å². The van der Waals surface area contributed by atoms with E-state index in [-0.39, 0.29) is 11.7 Å². The first kappa shape index (κ1) is 19.4. The lowest BCUT2D eigenvalue weighted by molar-refractivity contribution is -0.113. The molecule has 1 amide bonds. The second kappa shape index (κ2) is 9.02. The number of amides is 1.